The van der Waals surface area contributed by atoms with Crippen LogP contribution in [0.5, 0.6) is 11.5 Å². The average Bonchev–Trinajstić information content (AvgIpc) is 2.61. The van der Waals surface area contributed by atoms with E-state index in [9.17, 15) is 20.0 Å². The van der Waals surface area contributed by atoms with Gasteiger partial charge in [0, 0.05) is 22.9 Å². The van der Waals surface area contributed by atoms with E-state index in [-0.39, 0.29) is 16.7 Å². The number of nitrogens with zero attached hydrogens (tertiary/aromatic N) is 2. The van der Waals surface area contributed by atoms with E-state index in [1.807, 2.05) is 12.1 Å². The summed E-state index contributed by atoms with van der Waals surface area (Å²) in [5, 5.41) is 26.5. The molecule has 2 aromatic carbocycles. The minimum atomic E-state index is -0.817. The van der Waals surface area contributed by atoms with Crippen molar-refractivity contribution >= 4 is 17.8 Å². The van der Waals surface area contributed by atoms with Crippen molar-refractivity contribution < 1.29 is 19.6 Å². The molecule has 8 nitrogen and oxygen atoms in total. The second kappa shape index (κ2) is 7.86. The number of carbonyl (C=O) groups is 1. The number of hydrazone groups is 1. The molecule has 0 fully saturated rings. The standard InChI is InChI=1S/C19H21N3O5/c1-19(2,3)14-7-5-13(6-8-14)18(24)21-20-11-12-9-15(22(25)26)17(23)16(10-12)27-4/h5-11,23H,1-4H3,(H,21,24)/p-1/b20-11-. The van der Waals surface area contributed by atoms with E-state index in [2.05, 4.69) is 31.3 Å². The average molecular weight is 370 g/mol. The van der Waals surface area contributed by atoms with E-state index in [1.165, 1.54) is 19.4 Å². The van der Waals surface area contributed by atoms with Crippen molar-refractivity contribution in [2.45, 2.75) is 26.2 Å². The SMILES string of the molecule is COc1cc(/C=N\NC(=O)c2ccc(C(C)(C)C)cc2)cc([N+](=O)[O-])c1[O-]. The number of hydrogen-bond acceptors (Lipinski definition) is 6. The molecule has 2 rings (SSSR count). The molecule has 0 heterocycles. The highest BCUT2D eigenvalue weighted by atomic mass is 16.6. The van der Waals surface area contributed by atoms with E-state index < -0.39 is 22.3 Å². The molecule has 1 amide bonds. The number of carbonyl (C=O) groups excluding carboxylic acids is 1. The van der Waals surface area contributed by atoms with Gasteiger partial charge >= 0.3 is 0 Å². The quantitative estimate of drug-likeness (QED) is 0.493. The van der Waals surface area contributed by atoms with Gasteiger partial charge in [-0.05, 0) is 29.2 Å². The molecule has 0 atom stereocenters. The summed E-state index contributed by atoms with van der Waals surface area (Å²) in [6.07, 6.45) is 1.20. The lowest BCUT2D eigenvalue weighted by atomic mass is 9.87. The van der Waals surface area contributed by atoms with Crippen molar-refractivity contribution in [2.24, 2.45) is 5.10 Å². The van der Waals surface area contributed by atoms with Gasteiger partial charge in [-0.3, -0.25) is 14.9 Å². The summed E-state index contributed by atoms with van der Waals surface area (Å²) in [4.78, 5) is 22.3. The van der Waals surface area contributed by atoms with Gasteiger partial charge in [0.1, 0.15) is 5.75 Å². The van der Waals surface area contributed by atoms with Gasteiger partial charge in [-0.1, -0.05) is 32.9 Å². The summed E-state index contributed by atoms with van der Waals surface area (Å²) in [7, 11) is 1.24. The number of hydrogen-bond donors (Lipinski definition) is 1. The van der Waals surface area contributed by atoms with Crippen LogP contribution in [0, 0.1) is 10.1 Å². The van der Waals surface area contributed by atoms with E-state index in [0.717, 1.165) is 11.6 Å². The number of amides is 1. The van der Waals surface area contributed by atoms with Gasteiger partial charge in [0.15, 0.2) is 0 Å². The largest absolute Gasteiger partial charge is 0.865 e. The number of nitro benzene ring substituents is 1. The first kappa shape index (κ1) is 19.9. The van der Waals surface area contributed by atoms with Crippen LogP contribution >= 0.6 is 0 Å². The number of benzene rings is 2. The molecule has 0 radical (unpaired) electrons. The van der Waals surface area contributed by atoms with Crippen LogP contribution in [0.2, 0.25) is 0 Å². The maximum absolute atomic E-state index is 12.1. The van der Waals surface area contributed by atoms with Crippen LogP contribution in [0.3, 0.4) is 0 Å². The maximum Gasteiger partial charge on any atom is 0.271 e. The second-order valence-corrected chi connectivity index (χ2v) is 6.86. The fourth-order valence-corrected chi connectivity index (χ4v) is 2.32. The molecular weight excluding hydrogens is 350 g/mol. The van der Waals surface area contributed by atoms with Crippen molar-refractivity contribution in [1.29, 1.82) is 0 Å². The molecule has 0 saturated carbocycles. The molecule has 1 N–H and O–H groups in total. The number of nitro groups is 1. The summed E-state index contributed by atoms with van der Waals surface area (Å²) in [6.45, 7) is 6.23. The van der Waals surface area contributed by atoms with Crippen LogP contribution in [-0.4, -0.2) is 24.2 Å². The van der Waals surface area contributed by atoms with Gasteiger partial charge in [0.05, 0.1) is 18.2 Å². The third kappa shape index (κ3) is 4.81. The van der Waals surface area contributed by atoms with Crippen molar-refractivity contribution in [1.82, 2.24) is 5.43 Å². The molecule has 0 aromatic heterocycles. The first-order chi connectivity index (χ1) is 12.6. The Morgan fingerprint density at radius 3 is 2.37 bits per heavy atom. The lowest BCUT2D eigenvalue weighted by molar-refractivity contribution is -0.398. The summed E-state index contributed by atoms with van der Waals surface area (Å²) >= 11 is 0. The molecule has 2 aromatic rings. The lowest BCUT2D eigenvalue weighted by Crippen LogP contribution is -2.18. The molecular formula is C19H20N3O5-. The van der Waals surface area contributed by atoms with E-state index in [1.54, 1.807) is 12.1 Å². The highest BCUT2D eigenvalue weighted by Gasteiger charge is 2.15. The van der Waals surface area contributed by atoms with Crippen LogP contribution in [0.25, 0.3) is 0 Å². The van der Waals surface area contributed by atoms with Gasteiger partial charge in [-0.2, -0.15) is 5.10 Å². The number of rotatable bonds is 5. The van der Waals surface area contributed by atoms with Gasteiger partial charge in [0.25, 0.3) is 11.6 Å². The van der Waals surface area contributed by atoms with Crippen molar-refractivity contribution in [2.75, 3.05) is 7.11 Å². The zero-order valence-electron chi connectivity index (χ0n) is 15.5. The van der Waals surface area contributed by atoms with E-state index in [4.69, 9.17) is 4.74 Å². The van der Waals surface area contributed by atoms with Crippen LogP contribution in [0.4, 0.5) is 5.69 Å². The minimum Gasteiger partial charge on any atom is -0.865 e. The fraction of sp³-hybridized carbons (Fsp3) is 0.263. The van der Waals surface area contributed by atoms with Gasteiger partial charge in [0.2, 0.25) is 0 Å². The zero-order valence-corrected chi connectivity index (χ0v) is 15.5. The molecule has 0 aliphatic heterocycles. The van der Waals surface area contributed by atoms with Crippen LogP contribution in [0.15, 0.2) is 41.5 Å². The molecule has 0 aliphatic rings. The molecule has 0 aliphatic carbocycles. The topological polar surface area (TPSA) is 117 Å². The highest BCUT2D eigenvalue weighted by molar-refractivity contribution is 5.95. The first-order valence-electron chi connectivity index (χ1n) is 8.11. The lowest BCUT2D eigenvalue weighted by Gasteiger charge is -2.18. The Morgan fingerprint density at radius 2 is 1.85 bits per heavy atom. The Bertz CT molecular complexity index is 883. The molecule has 27 heavy (non-hydrogen) atoms. The predicted octanol–water partition coefficient (Wildman–Crippen LogP) is 2.74. The van der Waals surface area contributed by atoms with Crippen molar-refractivity contribution in [3.63, 3.8) is 0 Å². The fourth-order valence-electron chi connectivity index (χ4n) is 2.32. The molecule has 0 bridgehead atoms. The minimum absolute atomic E-state index is 0.0192. The van der Waals surface area contributed by atoms with Gasteiger partial charge < -0.3 is 9.84 Å². The second-order valence-electron chi connectivity index (χ2n) is 6.86. The van der Waals surface area contributed by atoms with Crippen molar-refractivity contribution in [3.8, 4) is 11.5 Å². The van der Waals surface area contributed by atoms with E-state index >= 15 is 0 Å². The zero-order chi connectivity index (χ0) is 20.2. The molecule has 0 unspecified atom stereocenters. The number of ether oxygens (including phenoxy) is 1. The smallest absolute Gasteiger partial charge is 0.271 e. The molecule has 142 valence electrons. The third-order valence-electron chi connectivity index (χ3n) is 3.87. The Balaban J connectivity index is 2.14. The number of nitrogens with one attached hydrogen (secondary N) is 1. The maximum atomic E-state index is 12.1. The van der Waals surface area contributed by atoms with Gasteiger partial charge in [-0.15, -0.1) is 0 Å². The summed E-state index contributed by atoms with van der Waals surface area (Å²) in [5.74, 6) is -1.41. The summed E-state index contributed by atoms with van der Waals surface area (Å²) < 4.78 is 4.85. The van der Waals surface area contributed by atoms with Crippen LogP contribution < -0.4 is 15.3 Å². The number of methoxy groups -OCH3 is 1. The third-order valence-corrected chi connectivity index (χ3v) is 3.87. The summed E-state index contributed by atoms with van der Waals surface area (Å²) in [5.41, 5.74) is 3.48. The Hall–Kier alpha value is -3.42. The molecule has 8 heteroatoms. The molecule has 0 saturated heterocycles. The molecule has 0 spiro atoms. The Kier molecular flexibility index (Phi) is 5.79. The van der Waals surface area contributed by atoms with Crippen LogP contribution in [-0.2, 0) is 5.41 Å². The van der Waals surface area contributed by atoms with E-state index in [0.29, 0.717) is 5.56 Å². The van der Waals surface area contributed by atoms with Gasteiger partial charge in [-0.25, -0.2) is 5.43 Å². The highest BCUT2D eigenvalue weighted by Crippen LogP contribution is 2.33. The normalized spacial score (nSPS) is 11.4. The monoisotopic (exact) mass is 370 g/mol. The summed E-state index contributed by atoms with van der Waals surface area (Å²) in [6, 6.07) is 9.53. The van der Waals surface area contributed by atoms with Crippen molar-refractivity contribution in [3.05, 3.63) is 63.2 Å². The first-order valence-corrected chi connectivity index (χ1v) is 8.11. The Labute approximate surface area is 156 Å². The Morgan fingerprint density at radius 1 is 1.22 bits per heavy atom. The predicted molar refractivity (Wildman–Crippen MR) is 99.3 cm³/mol. The van der Waals surface area contributed by atoms with Crippen LogP contribution in [0.1, 0.15) is 42.3 Å².